The summed E-state index contributed by atoms with van der Waals surface area (Å²) >= 11 is 0. The van der Waals surface area contributed by atoms with E-state index in [0.29, 0.717) is 19.0 Å². The molecule has 0 amide bonds. The summed E-state index contributed by atoms with van der Waals surface area (Å²) in [6.07, 6.45) is 0.932. The predicted octanol–water partition coefficient (Wildman–Crippen LogP) is 3.47. The molecule has 0 aliphatic rings. The number of nitro groups is 1. The number of ether oxygens (including phenoxy) is 2. The highest BCUT2D eigenvalue weighted by Crippen LogP contribution is 2.31. The van der Waals surface area contributed by atoms with Crippen molar-refractivity contribution in [1.82, 2.24) is 0 Å². The van der Waals surface area contributed by atoms with Crippen molar-refractivity contribution in [3.8, 4) is 5.75 Å². The van der Waals surface area contributed by atoms with E-state index >= 15 is 0 Å². The Hall–Kier alpha value is -1.82. The van der Waals surface area contributed by atoms with Gasteiger partial charge in [-0.3, -0.25) is 10.1 Å². The van der Waals surface area contributed by atoms with E-state index in [4.69, 9.17) is 9.47 Å². The minimum Gasteiger partial charge on any atom is -0.487 e. The molecule has 0 unspecified atom stereocenters. The van der Waals surface area contributed by atoms with Crippen molar-refractivity contribution in [3.63, 3.8) is 0 Å². The molecule has 0 fully saturated rings. The molecule has 1 rings (SSSR count). The average Bonchev–Trinajstić information content (AvgIpc) is 2.43. The quantitative estimate of drug-likeness (QED) is 0.558. The maximum atomic E-state index is 10.9. The third kappa shape index (κ3) is 5.59. The maximum absolute atomic E-state index is 10.9. The molecule has 0 radical (unpaired) electrons. The van der Waals surface area contributed by atoms with Gasteiger partial charge in [-0.1, -0.05) is 13.8 Å². The van der Waals surface area contributed by atoms with Crippen molar-refractivity contribution >= 4 is 11.4 Å². The second-order valence-corrected chi connectivity index (χ2v) is 5.63. The van der Waals surface area contributed by atoms with Crippen molar-refractivity contribution < 1.29 is 14.4 Å². The summed E-state index contributed by atoms with van der Waals surface area (Å²) < 4.78 is 10.4. The fourth-order valence-electron chi connectivity index (χ4n) is 1.85. The first-order valence-electron chi connectivity index (χ1n) is 7.03. The van der Waals surface area contributed by atoms with E-state index in [1.54, 1.807) is 26.2 Å². The van der Waals surface area contributed by atoms with Crippen LogP contribution in [0.2, 0.25) is 0 Å². The Labute approximate surface area is 125 Å². The van der Waals surface area contributed by atoms with Crippen molar-refractivity contribution in [2.24, 2.45) is 5.41 Å². The molecule has 1 aromatic carbocycles. The van der Waals surface area contributed by atoms with Crippen molar-refractivity contribution in [1.29, 1.82) is 0 Å². The van der Waals surface area contributed by atoms with Gasteiger partial charge in [0.25, 0.3) is 0 Å². The van der Waals surface area contributed by atoms with E-state index in [1.807, 2.05) is 0 Å². The Morgan fingerprint density at radius 1 is 1.38 bits per heavy atom. The molecule has 0 atom stereocenters. The smallest absolute Gasteiger partial charge is 0.311 e. The molecule has 0 bridgehead atoms. The Kier molecular flexibility index (Phi) is 6.42. The van der Waals surface area contributed by atoms with Gasteiger partial charge < -0.3 is 14.8 Å². The molecule has 1 N–H and O–H groups in total. The standard InChI is InChI=1S/C15H24N2O4/c1-5-21-14-10-12(6-7-13(14)17(18)19)16-11-15(2,3)8-9-20-4/h6-7,10,16H,5,8-9,11H2,1-4H3. The number of hydrogen-bond donors (Lipinski definition) is 1. The number of hydrogen-bond acceptors (Lipinski definition) is 5. The van der Waals surface area contributed by atoms with Gasteiger partial charge in [0.1, 0.15) is 0 Å². The van der Waals surface area contributed by atoms with E-state index < -0.39 is 4.92 Å². The number of anilines is 1. The molecule has 0 spiro atoms. The van der Waals surface area contributed by atoms with E-state index in [2.05, 4.69) is 19.2 Å². The van der Waals surface area contributed by atoms with Gasteiger partial charge in [0.15, 0.2) is 5.75 Å². The summed E-state index contributed by atoms with van der Waals surface area (Å²) in [6, 6.07) is 4.84. The fourth-order valence-corrected chi connectivity index (χ4v) is 1.85. The highest BCUT2D eigenvalue weighted by Gasteiger charge is 2.19. The Balaban J connectivity index is 2.76. The predicted molar refractivity (Wildman–Crippen MR) is 83.0 cm³/mol. The van der Waals surface area contributed by atoms with Crippen LogP contribution in [-0.4, -0.2) is 31.8 Å². The third-order valence-electron chi connectivity index (χ3n) is 3.21. The third-order valence-corrected chi connectivity index (χ3v) is 3.21. The molecule has 6 heteroatoms. The summed E-state index contributed by atoms with van der Waals surface area (Å²) in [6.45, 7) is 7.95. The van der Waals surface area contributed by atoms with Gasteiger partial charge in [0.2, 0.25) is 0 Å². The van der Waals surface area contributed by atoms with Gasteiger partial charge in [-0.2, -0.15) is 0 Å². The fraction of sp³-hybridized carbons (Fsp3) is 0.600. The van der Waals surface area contributed by atoms with Gasteiger partial charge in [0.05, 0.1) is 11.5 Å². The summed E-state index contributed by atoms with van der Waals surface area (Å²) in [5.41, 5.74) is 0.874. The minimum absolute atomic E-state index is 0.0129. The van der Waals surface area contributed by atoms with E-state index in [1.165, 1.54) is 6.07 Å². The van der Waals surface area contributed by atoms with Crippen molar-refractivity contribution in [2.45, 2.75) is 27.2 Å². The lowest BCUT2D eigenvalue weighted by atomic mass is 9.89. The minimum atomic E-state index is -0.433. The number of rotatable bonds is 9. The molecule has 21 heavy (non-hydrogen) atoms. The van der Waals surface area contributed by atoms with Gasteiger partial charge in [0, 0.05) is 38.1 Å². The summed E-state index contributed by atoms with van der Waals surface area (Å²) in [7, 11) is 1.69. The molecule has 0 heterocycles. The molecule has 6 nitrogen and oxygen atoms in total. The zero-order valence-corrected chi connectivity index (χ0v) is 13.1. The van der Waals surface area contributed by atoms with E-state index in [-0.39, 0.29) is 11.1 Å². The van der Waals surface area contributed by atoms with Crippen LogP contribution in [0.4, 0.5) is 11.4 Å². The van der Waals surface area contributed by atoms with Crippen LogP contribution < -0.4 is 10.1 Å². The Bertz CT molecular complexity index is 475. The summed E-state index contributed by atoms with van der Waals surface area (Å²) in [4.78, 5) is 10.5. The van der Waals surface area contributed by atoms with Crippen LogP contribution in [0.15, 0.2) is 18.2 Å². The summed E-state index contributed by atoms with van der Waals surface area (Å²) in [5.74, 6) is 0.294. The number of benzene rings is 1. The lowest BCUT2D eigenvalue weighted by Crippen LogP contribution is -2.24. The normalized spacial score (nSPS) is 11.2. The number of nitro benzene ring substituents is 1. The lowest BCUT2D eigenvalue weighted by molar-refractivity contribution is -0.385. The number of nitrogens with zero attached hydrogens (tertiary/aromatic N) is 1. The number of methoxy groups -OCH3 is 1. The molecular formula is C15H24N2O4. The second-order valence-electron chi connectivity index (χ2n) is 5.63. The van der Waals surface area contributed by atoms with Crippen LogP contribution in [0.25, 0.3) is 0 Å². The van der Waals surface area contributed by atoms with Crippen molar-refractivity contribution in [3.05, 3.63) is 28.3 Å². The Morgan fingerprint density at radius 3 is 2.67 bits per heavy atom. The molecule has 0 aliphatic carbocycles. The van der Waals surface area contributed by atoms with Crippen molar-refractivity contribution in [2.75, 3.05) is 32.2 Å². The largest absolute Gasteiger partial charge is 0.487 e. The zero-order chi connectivity index (χ0) is 15.9. The molecular weight excluding hydrogens is 272 g/mol. The molecule has 0 aliphatic heterocycles. The van der Waals surface area contributed by atoms with Crippen LogP contribution in [0.1, 0.15) is 27.2 Å². The molecule has 118 valence electrons. The SMILES string of the molecule is CCOc1cc(NCC(C)(C)CCOC)ccc1[N+](=O)[O-]. The molecule has 1 aromatic rings. The van der Waals surface area contributed by atoms with Crippen LogP contribution in [0, 0.1) is 15.5 Å². The first kappa shape index (κ1) is 17.2. The van der Waals surface area contributed by atoms with Crippen LogP contribution in [0.5, 0.6) is 5.75 Å². The van der Waals surface area contributed by atoms with Gasteiger partial charge in [-0.25, -0.2) is 0 Å². The summed E-state index contributed by atoms with van der Waals surface area (Å²) in [5, 5.41) is 14.2. The van der Waals surface area contributed by atoms with Gasteiger partial charge in [-0.05, 0) is 24.8 Å². The highest BCUT2D eigenvalue weighted by atomic mass is 16.6. The highest BCUT2D eigenvalue weighted by molar-refractivity contribution is 5.58. The van der Waals surface area contributed by atoms with E-state index in [9.17, 15) is 10.1 Å². The van der Waals surface area contributed by atoms with Gasteiger partial charge >= 0.3 is 5.69 Å². The van der Waals surface area contributed by atoms with Crippen LogP contribution in [-0.2, 0) is 4.74 Å². The molecule has 0 aromatic heterocycles. The van der Waals surface area contributed by atoms with Crippen LogP contribution in [0.3, 0.4) is 0 Å². The monoisotopic (exact) mass is 296 g/mol. The van der Waals surface area contributed by atoms with Gasteiger partial charge in [-0.15, -0.1) is 0 Å². The Morgan fingerprint density at radius 2 is 2.10 bits per heavy atom. The topological polar surface area (TPSA) is 73.6 Å². The second kappa shape index (κ2) is 7.83. The first-order chi connectivity index (χ1) is 9.89. The zero-order valence-electron chi connectivity index (χ0n) is 13.1. The van der Waals surface area contributed by atoms with E-state index in [0.717, 1.165) is 18.7 Å². The average molecular weight is 296 g/mol. The number of nitrogens with one attached hydrogen (secondary N) is 1. The first-order valence-corrected chi connectivity index (χ1v) is 7.03. The molecule has 0 saturated heterocycles. The lowest BCUT2D eigenvalue weighted by Gasteiger charge is -2.25. The molecule has 0 saturated carbocycles. The maximum Gasteiger partial charge on any atom is 0.311 e. The van der Waals surface area contributed by atoms with Crippen LogP contribution >= 0.6 is 0 Å².